The summed E-state index contributed by atoms with van der Waals surface area (Å²) in [6, 6.07) is 19.0. The average molecular weight is 461 g/mol. The molecule has 0 saturated heterocycles. The predicted octanol–water partition coefficient (Wildman–Crippen LogP) is 3.26. The van der Waals surface area contributed by atoms with Crippen molar-refractivity contribution in [1.82, 2.24) is 4.31 Å². The van der Waals surface area contributed by atoms with Crippen molar-refractivity contribution < 1.29 is 23.1 Å². The smallest absolute Gasteiger partial charge is 0.337 e. The molecule has 0 aliphatic carbocycles. The van der Waals surface area contributed by atoms with Gasteiger partial charge in [0.05, 0.1) is 27.8 Å². The highest BCUT2D eigenvalue weighted by Gasteiger charge is 2.28. The Morgan fingerprint density at radius 2 is 1.70 bits per heavy atom. The van der Waals surface area contributed by atoms with Crippen LogP contribution in [0, 0.1) is 11.3 Å². The molecule has 33 heavy (non-hydrogen) atoms. The molecular weight excluding hydrogens is 442 g/mol. The third-order valence-electron chi connectivity index (χ3n) is 5.48. The molecule has 166 valence electrons. The van der Waals surface area contributed by atoms with Gasteiger partial charge in [-0.2, -0.15) is 9.57 Å². The van der Waals surface area contributed by atoms with Gasteiger partial charge in [0.1, 0.15) is 0 Å². The zero-order valence-corrected chi connectivity index (χ0v) is 18.2. The second-order valence-electron chi connectivity index (χ2n) is 7.51. The number of aromatic carboxylic acids is 1. The molecule has 0 radical (unpaired) electrons. The van der Waals surface area contributed by atoms with Crippen molar-refractivity contribution in [2.75, 3.05) is 11.9 Å². The molecular formula is C24H19N3O5S. The number of carboxylic acids is 1. The van der Waals surface area contributed by atoms with Crippen LogP contribution in [-0.2, 0) is 23.0 Å². The number of hydrogen-bond acceptors (Lipinski definition) is 5. The SMILES string of the molecule is N#Cc1ccc(NC(=O)c2ccc(S(=O)(=O)N3CCc4ccccc4C3)cc2)c(C(=O)O)c1. The van der Waals surface area contributed by atoms with Crippen molar-refractivity contribution in [2.45, 2.75) is 17.9 Å². The molecule has 0 bridgehead atoms. The average Bonchev–Trinajstić information content (AvgIpc) is 2.83. The van der Waals surface area contributed by atoms with Crippen LogP contribution in [0.15, 0.2) is 71.6 Å². The van der Waals surface area contributed by atoms with E-state index in [2.05, 4.69) is 5.32 Å². The number of nitrogens with one attached hydrogen (secondary N) is 1. The maximum absolute atomic E-state index is 13.1. The number of nitrogens with zero attached hydrogens (tertiary/aromatic N) is 2. The van der Waals surface area contributed by atoms with E-state index in [-0.39, 0.29) is 33.8 Å². The molecule has 2 N–H and O–H groups in total. The lowest BCUT2D eigenvalue weighted by atomic mass is 10.0. The van der Waals surface area contributed by atoms with Crippen LogP contribution >= 0.6 is 0 Å². The highest BCUT2D eigenvalue weighted by Crippen LogP contribution is 2.25. The molecule has 0 saturated carbocycles. The van der Waals surface area contributed by atoms with Crippen LogP contribution in [0.1, 0.15) is 37.4 Å². The van der Waals surface area contributed by atoms with Gasteiger partial charge in [0.25, 0.3) is 5.91 Å². The number of fused-ring (bicyclic) bond motifs is 1. The summed E-state index contributed by atoms with van der Waals surface area (Å²) in [7, 11) is -3.74. The second kappa shape index (κ2) is 8.86. The van der Waals surface area contributed by atoms with Crippen molar-refractivity contribution in [2.24, 2.45) is 0 Å². The number of benzene rings is 3. The van der Waals surface area contributed by atoms with Crippen molar-refractivity contribution in [3.05, 3.63) is 94.5 Å². The van der Waals surface area contributed by atoms with Crippen molar-refractivity contribution in [1.29, 1.82) is 5.26 Å². The maximum Gasteiger partial charge on any atom is 0.337 e. The minimum Gasteiger partial charge on any atom is -0.478 e. The Balaban J connectivity index is 1.52. The summed E-state index contributed by atoms with van der Waals surface area (Å²) < 4.78 is 27.6. The molecule has 3 aromatic rings. The zero-order valence-electron chi connectivity index (χ0n) is 17.4. The Morgan fingerprint density at radius 3 is 2.36 bits per heavy atom. The number of amides is 1. The van der Waals surface area contributed by atoms with Gasteiger partial charge < -0.3 is 10.4 Å². The fraction of sp³-hybridized carbons (Fsp3) is 0.125. The van der Waals surface area contributed by atoms with E-state index in [4.69, 9.17) is 5.26 Å². The number of carbonyl (C=O) groups is 2. The number of carbonyl (C=O) groups excluding carboxylic acids is 1. The van der Waals surface area contributed by atoms with E-state index >= 15 is 0 Å². The van der Waals surface area contributed by atoms with Crippen molar-refractivity contribution in [3.8, 4) is 6.07 Å². The molecule has 1 aliphatic rings. The number of anilines is 1. The summed E-state index contributed by atoms with van der Waals surface area (Å²) in [6.07, 6.45) is 0.631. The summed E-state index contributed by atoms with van der Waals surface area (Å²) in [5, 5.41) is 20.8. The lowest BCUT2D eigenvalue weighted by Crippen LogP contribution is -2.35. The normalized spacial score (nSPS) is 13.5. The molecule has 0 unspecified atom stereocenters. The molecule has 3 aromatic carbocycles. The van der Waals surface area contributed by atoms with Crippen LogP contribution in [0.25, 0.3) is 0 Å². The van der Waals surface area contributed by atoms with Gasteiger partial charge in [-0.05, 0) is 60.0 Å². The molecule has 1 aliphatic heterocycles. The lowest BCUT2D eigenvalue weighted by Gasteiger charge is -2.28. The molecule has 1 heterocycles. The Morgan fingerprint density at radius 1 is 1.00 bits per heavy atom. The molecule has 9 heteroatoms. The molecule has 8 nitrogen and oxygen atoms in total. The largest absolute Gasteiger partial charge is 0.478 e. The fourth-order valence-corrected chi connectivity index (χ4v) is 5.12. The van der Waals surface area contributed by atoms with Gasteiger partial charge in [0, 0.05) is 18.7 Å². The molecule has 1 amide bonds. The number of hydrogen-bond donors (Lipinski definition) is 2. The topological polar surface area (TPSA) is 128 Å². The first-order valence-corrected chi connectivity index (χ1v) is 11.5. The summed E-state index contributed by atoms with van der Waals surface area (Å²) in [4.78, 5) is 24.1. The highest BCUT2D eigenvalue weighted by atomic mass is 32.2. The van der Waals surface area contributed by atoms with Gasteiger partial charge >= 0.3 is 5.97 Å². The molecule has 0 fully saturated rings. The number of carboxylic acid groups (broad SMARTS) is 1. The van der Waals surface area contributed by atoms with Gasteiger partial charge in [0.2, 0.25) is 10.0 Å². The first-order chi connectivity index (χ1) is 15.8. The molecule has 0 atom stereocenters. The van der Waals surface area contributed by atoms with Crippen LogP contribution in [0.3, 0.4) is 0 Å². The van der Waals surface area contributed by atoms with Crippen molar-refractivity contribution >= 4 is 27.6 Å². The van der Waals surface area contributed by atoms with E-state index in [1.54, 1.807) is 0 Å². The Hall–Kier alpha value is -4.00. The van der Waals surface area contributed by atoms with E-state index in [0.717, 1.165) is 11.1 Å². The van der Waals surface area contributed by atoms with E-state index in [1.165, 1.54) is 46.8 Å². The van der Waals surface area contributed by atoms with Gasteiger partial charge in [-0.3, -0.25) is 4.79 Å². The van der Waals surface area contributed by atoms with E-state index in [9.17, 15) is 23.1 Å². The van der Waals surface area contributed by atoms with Gasteiger partial charge in [-0.1, -0.05) is 24.3 Å². The van der Waals surface area contributed by atoms with Gasteiger partial charge in [-0.25, -0.2) is 13.2 Å². The summed E-state index contributed by atoms with van der Waals surface area (Å²) in [5.74, 6) is -1.88. The second-order valence-corrected chi connectivity index (χ2v) is 9.45. The maximum atomic E-state index is 13.1. The fourth-order valence-electron chi connectivity index (χ4n) is 3.70. The molecule has 0 aromatic heterocycles. The highest BCUT2D eigenvalue weighted by molar-refractivity contribution is 7.89. The minimum absolute atomic E-state index is 0.0372. The molecule has 4 rings (SSSR count). The number of nitriles is 1. The third-order valence-corrected chi connectivity index (χ3v) is 7.34. The van der Waals surface area contributed by atoms with Crippen LogP contribution in [0.4, 0.5) is 5.69 Å². The summed E-state index contributed by atoms with van der Waals surface area (Å²) in [6.45, 7) is 0.662. The van der Waals surface area contributed by atoms with Crippen LogP contribution in [-0.4, -0.2) is 36.3 Å². The Kier molecular flexibility index (Phi) is 5.96. The van der Waals surface area contributed by atoms with E-state index in [1.807, 2.05) is 30.3 Å². The van der Waals surface area contributed by atoms with E-state index in [0.29, 0.717) is 13.0 Å². The Bertz CT molecular complexity index is 1390. The van der Waals surface area contributed by atoms with Crippen molar-refractivity contribution in [3.63, 3.8) is 0 Å². The zero-order chi connectivity index (χ0) is 23.6. The van der Waals surface area contributed by atoms with Gasteiger partial charge in [-0.15, -0.1) is 0 Å². The predicted molar refractivity (Wildman–Crippen MR) is 120 cm³/mol. The monoisotopic (exact) mass is 461 g/mol. The first-order valence-electron chi connectivity index (χ1n) is 10.1. The van der Waals surface area contributed by atoms with E-state index < -0.39 is 21.9 Å². The van der Waals surface area contributed by atoms with Gasteiger partial charge in [0.15, 0.2) is 0 Å². The number of rotatable bonds is 5. The minimum atomic E-state index is -3.74. The summed E-state index contributed by atoms with van der Waals surface area (Å²) in [5.41, 5.74) is 2.25. The van der Waals surface area contributed by atoms with Crippen LogP contribution < -0.4 is 5.32 Å². The standard InChI is InChI=1S/C24H19N3O5S/c25-14-16-5-10-22(21(13-16)24(29)30)26-23(28)18-6-8-20(9-7-18)33(31,32)27-12-11-17-3-1-2-4-19(17)15-27/h1-10,13H,11-12,15H2,(H,26,28)(H,29,30). The van der Waals surface area contributed by atoms with Crippen LogP contribution in [0.5, 0.6) is 0 Å². The Labute approximate surface area is 190 Å². The molecule has 0 spiro atoms. The third kappa shape index (κ3) is 4.48. The number of sulfonamides is 1. The summed E-state index contributed by atoms with van der Waals surface area (Å²) >= 11 is 0. The van der Waals surface area contributed by atoms with Crippen LogP contribution in [0.2, 0.25) is 0 Å². The lowest BCUT2D eigenvalue weighted by molar-refractivity contribution is 0.0698. The quantitative estimate of drug-likeness (QED) is 0.600. The first kappa shape index (κ1) is 22.2.